The van der Waals surface area contributed by atoms with E-state index in [0.717, 1.165) is 5.56 Å². The van der Waals surface area contributed by atoms with E-state index in [1.807, 2.05) is 42.5 Å². The molecule has 0 aliphatic rings. The molecule has 27 heavy (non-hydrogen) atoms. The first-order valence-electron chi connectivity index (χ1n) is 8.55. The fraction of sp³-hybridized carbons (Fsp3) is 0.136. The third kappa shape index (κ3) is 3.98. The Morgan fingerprint density at radius 3 is 1.89 bits per heavy atom. The van der Waals surface area contributed by atoms with E-state index in [4.69, 9.17) is 0 Å². The highest BCUT2D eigenvalue weighted by molar-refractivity contribution is 9.09. The molecule has 0 aliphatic heterocycles. The predicted molar refractivity (Wildman–Crippen MR) is 109 cm³/mol. The number of rotatable bonds is 7. The van der Waals surface area contributed by atoms with Crippen LogP contribution in [0.15, 0.2) is 91.0 Å². The lowest BCUT2D eigenvalue weighted by atomic mass is 9.82. The van der Waals surface area contributed by atoms with Crippen LogP contribution in [0.4, 0.5) is 0 Å². The molecule has 0 unspecified atom stereocenters. The Bertz CT molecular complexity index is 916. The van der Waals surface area contributed by atoms with Gasteiger partial charge in [0.05, 0.1) is 5.92 Å². The van der Waals surface area contributed by atoms with Crippen molar-refractivity contribution >= 4 is 21.7 Å². The van der Waals surface area contributed by atoms with E-state index in [2.05, 4.69) is 15.9 Å². The molecule has 2 atom stereocenters. The first-order valence-corrected chi connectivity index (χ1v) is 9.35. The van der Waals surface area contributed by atoms with E-state index < -0.39 is 10.4 Å². The van der Waals surface area contributed by atoms with Gasteiger partial charge in [-0.25, -0.2) is 0 Å². The zero-order valence-corrected chi connectivity index (χ0v) is 16.1. The summed E-state index contributed by atoms with van der Waals surface area (Å²) in [7, 11) is 0. The Labute approximate surface area is 166 Å². The van der Waals surface area contributed by atoms with Gasteiger partial charge in [-0.1, -0.05) is 91.0 Å². The molecule has 0 aliphatic carbocycles. The van der Waals surface area contributed by atoms with Gasteiger partial charge in [-0.05, 0) is 5.56 Å². The molecule has 3 aromatic rings. The molecule has 0 bridgehead atoms. The molecule has 0 saturated carbocycles. The van der Waals surface area contributed by atoms with Crippen LogP contribution in [0.2, 0.25) is 0 Å². The number of benzene rings is 3. The minimum Gasteiger partial charge on any atom is -0.294 e. The molecule has 0 amide bonds. The zero-order chi connectivity index (χ0) is 19.3. The number of ketones is 1. The molecule has 0 heterocycles. The molecule has 0 radical (unpaired) electrons. The van der Waals surface area contributed by atoms with Crippen LogP contribution in [0.5, 0.6) is 0 Å². The summed E-state index contributed by atoms with van der Waals surface area (Å²) in [6.07, 6.45) is 0.00908. The molecule has 136 valence electrons. The van der Waals surface area contributed by atoms with Crippen molar-refractivity contribution < 1.29 is 9.72 Å². The summed E-state index contributed by atoms with van der Waals surface area (Å²) < 4.78 is -1.61. The van der Waals surface area contributed by atoms with E-state index >= 15 is 0 Å². The maximum atomic E-state index is 12.9. The van der Waals surface area contributed by atoms with Crippen LogP contribution in [-0.2, 0) is 4.45 Å². The Kier molecular flexibility index (Phi) is 5.81. The van der Waals surface area contributed by atoms with Gasteiger partial charge in [0.1, 0.15) is 0 Å². The summed E-state index contributed by atoms with van der Waals surface area (Å²) in [5.74, 6) is -0.810. The lowest BCUT2D eigenvalue weighted by Crippen LogP contribution is -2.37. The minimum atomic E-state index is -1.61. The Hall–Kier alpha value is -2.79. The molecule has 0 spiro atoms. The van der Waals surface area contributed by atoms with Crippen molar-refractivity contribution in [2.24, 2.45) is 0 Å². The highest BCUT2D eigenvalue weighted by Gasteiger charge is 2.51. The number of carbonyl (C=O) groups is 1. The Morgan fingerprint density at radius 2 is 1.37 bits per heavy atom. The average molecular weight is 424 g/mol. The SMILES string of the molecule is O=C(C[C@H](c1ccccc1)[C@](Br)(c1ccccc1)[N+](=O)[O-])c1ccccc1. The van der Waals surface area contributed by atoms with E-state index in [1.54, 1.807) is 48.5 Å². The predicted octanol–water partition coefficient (Wildman–Crippen LogP) is 5.57. The average Bonchev–Trinajstić information content (AvgIpc) is 2.73. The lowest BCUT2D eigenvalue weighted by molar-refractivity contribution is -0.548. The van der Waals surface area contributed by atoms with Crippen molar-refractivity contribution in [2.75, 3.05) is 0 Å². The summed E-state index contributed by atoms with van der Waals surface area (Å²) >= 11 is 3.41. The molecule has 0 saturated heterocycles. The number of nitrogens with zero attached hydrogens (tertiary/aromatic N) is 1. The quantitative estimate of drug-likeness (QED) is 0.164. The number of hydrogen-bond acceptors (Lipinski definition) is 3. The second-order valence-corrected chi connectivity index (χ2v) is 7.46. The van der Waals surface area contributed by atoms with Gasteiger partial charge < -0.3 is 0 Å². The van der Waals surface area contributed by atoms with Crippen molar-refractivity contribution in [2.45, 2.75) is 16.8 Å². The smallest absolute Gasteiger partial charge is 0.294 e. The van der Waals surface area contributed by atoms with Gasteiger partial charge in [-0.3, -0.25) is 14.9 Å². The van der Waals surface area contributed by atoms with Gasteiger partial charge >= 0.3 is 4.45 Å². The van der Waals surface area contributed by atoms with Gasteiger partial charge in [0.15, 0.2) is 5.78 Å². The van der Waals surface area contributed by atoms with Crippen LogP contribution < -0.4 is 0 Å². The highest BCUT2D eigenvalue weighted by atomic mass is 79.9. The van der Waals surface area contributed by atoms with Crippen molar-refractivity contribution in [3.05, 3.63) is 118 Å². The fourth-order valence-corrected chi connectivity index (χ4v) is 3.88. The zero-order valence-electron chi connectivity index (χ0n) is 14.5. The topological polar surface area (TPSA) is 60.2 Å². The van der Waals surface area contributed by atoms with E-state index in [0.29, 0.717) is 11.1 Å². The minimum absolute atomic E-state index is 0.00908. The highest BCUT2D eigenvalue weighted by Crippen LogP contribution is 2.47. The monoisotopic (exact) mass is 423 g/mol. The third-order valence-electron chi connectivity index (χ3n) is 4.59. The second kappa shape index (κ2) is 8.27. The van der Waals surface area contributed by atoms with E-state index in [1.165, 1.54) is 0 Å². The van der Waals surface area contributed by atoms with Crippen molar-refractivity contribution in [3.8, 4) is 0 Å². The molecule has 3 rings (SSSR count). The van der Waals surface area contributed by atoms with Gasteiger partial charge in [0.2, 0.25) is 0 Å². The Morgan fingerprint density at radius 1 is 0.889 bits per heavy atom. The summed E-state index contributed by atoms with van der Waals surface area (Å²) in [5.41, 5.74) is 1.79. The molecule has 5 heteroatoms. The fourth-order valence-electron chi connectivity index (χ4n) is 3.19. The molecule has 4 nitrogen and oxygen atoms in total. The summed E-state index contributed by atoms with van der Waals surface area (Å²) in [4.78, 5) is 24.7. The van der Waals surface area contributed by atoms with Crippen LogP contribution >= 0.6 is 15.9 Å². The van der Waals surface area contributed by atoms with Crippen molar-refractivity contribution in [1.82, 2.24) is 0 Å². The lowest BCUT2D eigenvalue weighted by Gasteiger charge is -2.29. The molecule has 3 aromatic carbocycles. The summed E-state index contributed by atoms with van der Waals surface area (Å²) in [5, 5.41) is 12.2. The van der Waals surface area contributed by atoms with Crippen LogP contribution in [0.25, 0.3) is 0 Å². The number of alkyl halides is 1. The van der Waals surface area contributed by atoms with E-state index in [9.17, 15) is 14.9 Å². The Balaban J connectivity index is 2.09. The maximum absolute atomic E-state index is 12.9. The van der Waals surface area contributed by atoms with Crippen LogP contribution in [-0.4, -0.2) is 10.7 Å². The largest absolute Gasteiger partial charge is 0.306 e. The number of nitro groups is 1. The number of hydrogen-bond donors (Lipinski definition) is 0. The third-order valence-corrected chi connectivity index (χ3v) is 5.89. The van der Waals surface area contributed by atoms with Gasteiger partial charge in [-0.15, -0.1) is 0 Å². The number of halogens is 1. The van der Waals surface area contributed by atoms with E-state index in [-0.39, 0.29) is 17.1 Å². The number of carbonyl (C=O) groups excluding carboxylic acids is 1. The van der Waals surface area contributed by atoms with Gasteiger partial charge in [0.25, 0.3) is 0 Å². The second-order valence-electron chi connectivity index (χ2n) is 6.25. The summed E-state index contributed by atoms with van der Waals surface area (Å²) in [6, 6.07) is 26.8. The van der Waals surface area contributed by atoms with Crippen LogP contribution in [0.3, 0.4) is 0 Å². The molecule has 0 N–H and O–H groups in total. The molecule has 0 fully saturated rings. The molecular formula is C22H18BrNO3. The maximum Gasteiger partial charge on any atom is 0.306 e. The van der Waals surface area contributed by atoms with Crippen molar-refractivity contribution in [3.63, 3.8) is 0 Å². The molecular weight excluding hydrogens is 406 g/mol. The summed E-state index contributed by atoms with van der Waals surface area (Å²) in [6.45, 7) is 0. The van der Waals surface area contributed by atoms with Gasteiger partial charge in [-0.2, -0.15) is 0 Å². The first kappa shape index (κ1) is 19.0. The van der Waals surface area contributed by atoms with Crippen molar-refractivity contribution in [1.29, 1.82) is 0 Å². The van der Waals surface area contributed by atoms with Crippen LogP contribution in [0, 0.1) is 10.1 Å². The number of Topliss-reactive ketones (excluding diaryl/α,β-unsaturated/α-hetero) is 1. The normalized spacial score (nSPS) is 14.1. The standard InChI is InChI=1S/C22H18BrNO3/c23-22(24(26)27,19-14-8-3-9-15-19)20(17-10-4-1-5-11-17)16-21(25)18-12-6-2-7-13-18/h1-15,20H,16H2/t20-,22+/m1/s1. The van der Waals surface area contributed by atoms with Gasteiger partial charge in [0, 0.05) is 38.4 Å². The molecule has 0 aromatic heterocycles. The van der Waals surface area contributed by atoms with Crippen LogP contribution in [0.1, 0.15) is 33.8 Å². The first-order chi connectivity index (χ1) is 13.0.